The quantitative estimate of drug-likeness (QED) is 0.899. The molecule has 0 fully saturated rings. The van der Waals surface area contributed by atoms with E-state index in [0.717, 1.165) is 16.9 Å². The maximum atomic E-state index is 10.1. The Bertz CT molecular complexity index is 477. The first-order chi connectivity index (χ1) is 8.20. The Morgan fingerprint density at radius 2 is 2.18 bits per heavy atom. The fourth-order valence-electron chi connectivity index (χ4n) is 1.86. The summed E-state index contributed by atoms with van der Waals surface area (Å²) in [7, 11) is 1.66. The molecule has 0 bridgehead atoms. The van der Waals surface area contributed by atoms with Crippen LogP contribution in [0.1, 0.15) is 22.8 Å². The average Bonchev–Trinajstić information content (AvgIpc) is 2.81. The predicted molar refractivity (Wildman–Crippen MR) is 70.7 cm³/mol. The molecule has 1 N–H and O–H groups in total. The van der Waals surface area contributed by atoms with Crippen molar-refractivity contribution in [2.75, 3.05) is 7.11 Å². The molecule has 0 amide bonds. The number of hydrogen-bond donors (Lipinski definition) is 1. The maximum Gasteiger partial charge on any atom is 0.121 e. The van der Waals surface area contributed by atoms with Crippen LogP contribution in [0.15, 0.2) is 35.0 Å². The summed E-state index contributed by atoms with van der Waals surface area (Å²) in [6, 6.07) is 7.85. The first kappa shape index (κ1) is 12.1. The van der Waals surface area contributed by atoms with Gasteiger partial charge in [-0.3, -0.25) is 0 Å². The number of benzene rings is 1. The van der Waals surface area contributed by atoms with Crippen LogP contribution in [0.2, 0.25) is 0 Å². The Morgan fingerprint density at radius 3 is 2.76 bits per heavy atom. The standard InChI is InChI=1S/C14H16O2S/c1-10-7-12(3-4-14(10)16-2)13(15)8-11-5-6-17-9-11/h3-7,9,13,15H,8H2,1-2H3. The van der Waals surface area contributed by atoms with Crippen LogP contribution in [-0.4, -0.2) is 12.2 Å². The Kier molecular flexibility index (Phi) is 3.82. The second-order valence-electron chi connectivity index (χ2n) is 4.08. The largest absolute Gasteiger partial charge is 0.496 e. The molecule has 0 radical (unpaired) electrons. The molecular formula is C14H16O2S. The van der Waals surface area contributed by atoms with Crippen LogP contribution in [0, 0.1) is 6.92 Å². The molecule has 1 heterocycles. The fraction of sp³-hybridized carbons (Fsp3) is 0.286. The predicted octanol–water partition coefficient (Wildman–Crippen LogP) is 3.34. The molecule has 1 aromatic carbocycles. The number of methoxy groups -OCH3 is 1. The molecular weight excluding hydrogens is 232 g/mol. The van der Waals surface area contributed by atoms with E-state index in [1.807, 2.05) is 36.6 Å². The smallest absolute Gasteiger partial charge is 0.121 e. The molecule has 1 aromatic heterocycles. The highest BCUT2D eigenvalue weighted by Gasteiger charge is 2.10. The maximum absolute atomic E-state index is 10.1. The van der Waals surface area contributed by atoms with Gasteiger partial charge in [0.05, 0.1) is 13.2 Å². The molecule has 0 saturated heterocycles. The van der Waals surface area contributed by atoms with Gasteiger partial charge in [0, 0.05) is 6.42 Å². The Labute approximate surface area is 105 Å². The summed E-state index contributed by atoms with van der Waals surface area (Å²) in [5, 5.41) is 14.2. The van der Waals surface area contributed by atoms with Gasteiger partial charge in [0.15, 0.2) is 0 Å². The molecule has 2 aromatic rings. The highest BCUT2D eigenvalue weighted by atomic mass is 32.1. The van der Waals surface area contributed by atoms with Gasteiger partial charge in [-0.1, -0.05) is 6.07 Å². The zero-order chi connectivity index (χ0) is 12.3. The Morgan fingerprint density at radius 1 is 1.35 bits per heavy atom. The minimum Gasteiger partial charge on any atom is -0.496 e. The highest BCUT2D eigenvalue weighted by Crippen LogP contribution is 2.25. The topological polar surface area (TPSA) is 29.5 Å². The Balaban J connectivity index is 2.14. The molecule has 1 unspecified atom stereocenters. The summed E-state index contributed by atoms with van der Waals surface area (Å²) in [6.45, 7) is 1.99. The van der Waals surface area contributed by atoms with Crippen LogP contribution in [0.25, 0.3) is 0 Å². The van der Waals surface area contributed by atoms with Gasteiger partial charge in [0.1, 0.15) is 5.75 Å². The molecule has 0 aliphatic carbocycles. The lowest BCUT2D eigenvalue weighted by atomic mass is 10.0. The first-order valence-corrected chi connectivity index (χ1v) is 6.48. The van der Waals surface area contributed by atoms with Gasteiger partial charge < -0.3 is 9.84 Å². The van der Waals surface area contributed by atoms with Crippen molar-refractivity contribution in [3.8, 4) is 5.75 Å². The molecule has 90 valence electrons. The minimum atomic E-state index is -0.450. The van der Waals surface area contributed by atoms with E-state index in [2.05, 4.69) is 5.38 Å². The van der Waals surface area contributed by atoms with Crippen LogP contribution in [0.4, 0.5) is 0 Å². The van der Waals surface area contributed by atoms with Crippen LogP contribution >= 0.6 is 11.3 Å². The second-order valence-corrected chi connectivity index (χ2v) is 4.86. The third-order valence-corrected chi connectivity index (χ3v) is 3.54. The molecule has 0 aliphatic heterocycles. The van der Waals surface area contributed by atoms with E-state index in [9.17, 15) is 5.11 Å². The van der Waals surface area contributed by atoms with Crippen molar-refractivity contribution >= 4 is 11.3 Å². The van der Waals surface area contributed by atoms with Crippen molar-refractivity contribution in [1.82, 2.24) is 0 Å². The number of thiophene rings is 1. The molecule has 17 heavy (non-hydrogen) atoms. The third kappa shape index (κ3) is 2.87. The van der Waals surface area contributed by atoms with Crippen LogP contribution in [0.5, 0.6) is 5.75 Å². The summed E-state index contributed by atoms with van der Waals surface area (Å²) in [5.41, 5.74) is 3.17. The van der Waals surface area contributed by atoms with Gasteiger partial charge in [-0.05, 0) is 52.6 Å². The molecule has 0 saturated carbocycles. The van der Waals surface area contributed by atoms with Crippen molar-refractivity contribution in [2.45, 2.75) is 19.4 Å². The molecule has 0 spiro atoms. The fourth-order valence-corrected chi connectivity index (χ4v) is 2.54. The zero-order valence-electron chi connectivity index (χ0n) is 10.0. The zero-order valence-corrected chi connectivity index (χ0v) is 10.8. The van der Waals surface area contributed by atoms with E-state index in [-0.39, 0.29) is 0 Å². The van der Waals surface area contributed by atoms with Gasteiger partial charge in [0.25, 0.3) is 0 Å². The van der Waals surface area contributed by atoms with E-state index in [0.29, 0.717) is 6.42 Å². The summed E-state index contributed by atoms with van der Waals surface area (Å²) < 4.78 is 5.21. The van der Waals surface area contributed by atoms with Crippen LogP contribution in [-0.2, 0) is 6.42 Å². The summed E-state index contributed by atoms with van der Waals surface area (Å²) in [4.78, 5) is 0. The number of aryl methyl sites for hydroxylation is 1. The van der Waals surface area contributed by atoms with Crippen LogP contribution in [0.3, 0.4) is 0 Å². The highest BCUT2D eigenvalue weighted by molar-refractivity contribution is 7.07. The molecule has 1 atom stereocenters. The molecule has 2 nitrogen and oxygen atoms in total. The van der Waals surface area contributed by atoms with Crippen molar-refractivity contribution in [1.29, 1.82) is 0 Å². The van der Waals surface area contributed by atoms with Gasteiger partial charge in [-0.2, -0.15) is 11.3 Å². The van der Waals surface area contributed by atoms with Crippen molar-refractivity contribution in [3.63, 3.8) is 0 Å². The van der Waals surface area contributed by atoms with E-state index in [4.69, 9.17) is 4.74 Å². The molecule has 0 aliphatic rings. The van der Waals surface area contributed by atoms with Crippen molar-refractivity contribution in [2.24, 2.45) is 0 Å². The van der Waals surface area contributed by atoms with Crippen molar-refractivity contribution in [3.05, 3.63) is 51.7 Å². The summed E-state index contributed by atoms with van der Waals surface area (Å²) in [5.74, 6) is 0.858. The lowest BCUT2D eigenvalue weighted by Crippen LogP contribution is -2.01. The van der Waals surface area contributed by atoms with E-state index >= 15 is 0 Å². The van der Waals surface area contributed by atoms with E-state index < -0.39 is 6.10 Å². The van der Waals surface area contributed by atoms with Gasteiger partial charge in [-0.25, -0.2) is 0 Å². The van der Waals surface area contributed by atoms with Crippen LogP contribution < -0.4 is 4.74 Å². The lowest BCUT2D eigenvalue weighted by Gasteiger charge is -2.12. The number of aliphatic hydroxyl groups is 1. The van der Waals surface area contributed by atoms with E-state index in [1.165, 1.54) is 5.56 Å². The van der Waals surface area contributed by atoms with Gasteiger partial charge in [-0.15, -0.1) is 0 Å². The number of aliphatic hydroxyl groups excluding tert-OH is 1. The SMILES string of the molecule is COc1ccc(C(O)Cc2ccsc2)cc1C. The van der Waals surface area contributed by atoms with Crippen molar-refractivity contribution < 1.29 is 9.84 Å². The van der Waals surface area contributed by atoms with Gasteiger partial charge in [0.2, 0.25) is 0 Å². The molecule has 2 rings (SSSR count). The second kappa shape index (κ2) is 5.34. The Hall–Kier alpha value is -1.32. The minimum absolute atomic E-state index is 0.450. The van der Waals surface area contributed by atoms with Gasteiger partial charge >= 0.3 is 0 Å². The number of rotatable bonds is 4. The number of hydrogen-bond acceptors (Lipinski definition) is 3. The summed E-state index contributed by atoms with van der Waals surface area (Å²) in [6.07, 6.45) is 0.212. The summed E-state index contributed by atoms with van der Waals surface area (Å²) >= 11 is 1.65. The third-order valence-electron chi connectivity index (χ3n) is 2.81. The monoisotopic (exact) mass is 248 g/mol. The van der Waals surface area contributed by atoms with E-state index in [1.54, 1.807) is 18.4 Å². The lowest BCUT2D eigenvalue weighted by molar-refractivity contribution is 0.178. The molecule has 3 heteroatoms. The average molecular weight is 248 g/mol. The normalized spacial score (nSPS) is 12.4. The number of ether oxygens (including phenoxy) is 1. The first-order valence-electron chi connectivity index (χ1n) is 5.54.